The molecule has 3 aliphatic heterocycles. The number of hydrazine groups is 1. The van der Waals surface area contributed by atoms with Crippen LogP contribution >= 0.6 is 11.6 Å². The average molecular weight is 1180 g/mol. The van der Waals surface area contributed by atoms with Gasteiger partial charge in [0, 0.05) is 71.3 Å². The van der Waals surface area contributed by atoms with Crippen molar-refractivity contribution in [2.75, 3.05) is 86.8 Å². The summed E-state index contributed by atoms with van der Waals surface area (Å²) in [6, 6.07) is 11.8. The topological polar surface area (TPSA) is 279 Å². The smallest absolute Gasteiger partial charge is 0.409 e. The number of hydrogen-bond donors (Lipinski definition) is 6. The summed E-state index contributed by atoms with van der Waals surface area (Å²) in [6.07, 6.45) is 2.38. The molecule has 0 saturated carbocycles. The van der Waals surface area contributed by atoms with Crippen molar-refractivity contribution in [2.24, 2.45) is 11.7 Å². The number of para-hydroxylation sites is 1. The molecule has 0 spiro atoms. The third kappa shape index (κ3) is 17.5. The number of nitrogens with two attached hydrogens (primary N) is 1. The third-order valence-corrected chi connectivity index (χ3v) is 16.1. The lowest BCUT2D eigenvalue weighted by molar-refractivity contribution is -0.162. The molecule has 24 heteroatoms. The van der Waals surface area contributed by atoms with Gasteiger partial charge in [-0.25, -0.2) is 14.6 Å². The molecule has 1 aromatic heterocycles. The van der Waals surface area contributed by atoms with Crippen LogP contribution in [-0.4, -0.2) is 185 Å². The summed E-state index contributed by atoms with van der Waals surface area (Å²) in [5, 5.41) is 23.4. The molecule has 2 saturated heterocycles. The SMILES string of the molecule is CNN(C)Cc1cc2ccccc2n1CCC(=O)N[C@@H](CCCCN)C(=O)NCCOCCOCCC(=O)N(C)[C@@H](C)C(=O)O[C@H]1CC(=O)N(C)c2cc(cc(OC)c2Cl)C/C(C)=C/C=C/[C@@H](OC)[C@@]2(O)C[C@H](OC(=O)N2)[C@@H](C)C2O[C@]21C. The number of ether oxygens (including phenoxy) is 7. The molecule has 4 heterocycles. The standard InChI is InChI=1S/C59H86ClN9O14/c1-37-16-15-20-48(78-10)59(76)35-47(81-57(75)65-59)38(2)54-58(4,83-54)49(34-52(72)68(8)45-31-40(30-37)32-46(77-9)53(45)60)82-56(74)39(3)67(7)51(71)22-26-79-28-29-80-27-24-63-55(73)43(18-13-14-23-61)64-50(70)21-25-69-42(36-66(6)62-5)33-41-17-11-12-19-44(41)69/h11-12,15-17,19-20,31-33,38-39,43,47-49,54,62,76H,13-14,18,21-30,34-36,61H2,1-10H3,(H,63,73)(H,64,70)(H,65,75)/b20-15+,37-16+/t38-,39+,43+,47+,48-,49+,54?,58+,59+/m1/s1. The van der Waals surface area contributed by atoms with Crippen molar-refractivity contribution in [3.63, 3.8) is 0 Å². The summed E-state index contributed by atoms with van der Waals surface area (Å²) >= 11 is 6.83. The Morgan fingerprint density at radius 1 is 1.04 bits per heavy atom. The van der Waals surface area contributed by atoms with E-state index in [2.05, 4.69) is 32.0 Å². The van der Waals surface area contributed by atoms with Gasteiger partial charge < -0.3 is 69.0 Å². The molecule has 6 rings (SSSR count). The lowest BCUT2D eigenvalue weighted by Crippen LogP contribution is -2.63. The first kappa shape index (κ1) is 66.0. The second-order valence-electron chi connectivity index (χ2n) is 21.7. The van der Waals surface area contributed by atoms with Crippen LogP contribution in [0.2, 0.25) is 5.02 Å². The van der Waals surface area contributed by atoms with Gasteiger partial charge in [0.2, 0.25) is 23.6 Å². The van der Waals surface area contributed by atoms with Crippen molar-refractivity contribution in [2.45, 2.75) is 140 Å². The number of allylic oxidation sites excluding steroid dienone is 3. The number of alkyl carbamates (subject to hydrolysis) is 1. The maximum absolute atomic E-state index is 14.4. The number of nitrogens with zero attached hydrogens (tertiary/aromatic N) is 4. The Hall–Kier alpha value is -6.15. The van der Waals surface area contributed by atoms with E-state index in [0.29, 0.717) is 56.8 Å². The number of amides is 5. The summed E-state index contributed by atoms with van der Waals surface area (Å²) in [5.41, 5.74) is 9.79. The van der Waals surface area contributed by atoms with E-state index < -0.39 is 77.6 Å². The Morgan fingerprint density at radius 2 is 1.77 bits per heavy atom. The number of nitrogens with one attached hydrogen (secondary N) is 4. The molecule has 2 fully saturated rings. The van der Waals surface area contributed by atoms with E-state index in [1.54, 1.807) is 45.2 Å². The molecule has 7 N–H and O–H groups in total. The first-order valence-corrected chi connectivity index (χ1v) is 28.7. The van der Waals surface area contributed by atoms with E-state index in [1.165, 1.54) is 38.0 Å². The lowest BCUT2D eigenvalue weighted by atomic mass is 9.83. The minimum atomic E-state index is -1.87. The van der Waals surface area contributed by atoms with E-state index in [0.717, 1.165) is 27.7 Å². The van der Waals surface area contributed by atoms with Crippen LogP contribution in [0.4, 0.5) is 10.5 Å². The predicted octanol–water partition coefficient (Wildman–Crippen LogP) is 4.28. The zero-order valence-electron chi connectivity index (χ0n) is 49.6. The van der Waals surface area contributed by atoms with Gasteiger partial charge in [-0.1, -0.05) is 60.5 Å². The van der Waals surface area contributed by atoms with Gasteiger partial charge in [0.15, 0.2) is 5.72 Å². The molecular weight excluding hydrogens is 1090 g/mol. The van der Waals surface area contributed by atoms with Crippen molar-refractivity contribution in [3.05, 3.63) is 82.5 Å². The van der Waals surface area contributed by atoms with Gasteiger partial charge in [-0.3, -0.25) is 29.9 Å². The van der Waals surface area contributed by atoms with E-state index >= 15 is 0 Å². The number of aryl methyl sites for hydroxylation is 1. The zero-order chi connectivity index (χ0) is 60.6. The number of rotatable bonds is 26. The third-order valence-electron chi connectivity index (χ3n) is 15.7. The van der Waals surface area contributed by atoms with Crippen molar-refractivity contribution in [1.82, 2.24) is 35.9 Å². The fourth-order valence-corrected chi connectivity index (χ4v) is 10.8. The minimum absolute atomic E-state index is 0.0151. The second-order valence-corrected chi connectivity index (χ2v) is 22.1. The molecule has 5 amide bonds. The quantitative estimate of drug-likeness (QED) is 0.0283. The highest BCUT2D eigenvalue weighted by Gasteiger charge is 2.64. The van der Waals surface area contributed by atoms with Crippen LogP contribution in [0.15, 0.2) is 66.3 Å². The summed E-state index contributed by atoms with van der Waals surface area (Å²) in [4.78, 5) is 84.2. The van der Waals surface area contributed by atoms with Gasteiger partial charge in [0.1, 0.15) is 46.8 Å². The molecule has 4 bridgehead atoms. The molecule has 83 heavy (non-hydrogen) atoms. The van der Waals surface area contributed by atoms with Crippen molar-refractivity contribution >= 4 is 63.9 Å². The minimum Gasteiger partial charge on any atom is -0.495 e. The molecule has 9 atom stereocenters. The number of aromatic nitrogens is 1. The van der Waals surface area contributed by atoms with E-state index in [1.807, 2.05) is 56.4 Å². The number of unbranched alkanes of at least 4 members (excludes halogenated alkanes) is 1. The number of carbonyl (C=O) groups excluding carboxylic acids is 6. The van der Waals surface area contributed by atoms with E-state index in [-0.39, 0.29) is 75.5 Å². The highest BCUT2D eigenvalue weighted by molar-refractivity contribution is 6.35. The van der Waals surface area contributed by atoms with Gasteiger partial charge in [-0.05, 0) is 95.3 Å². The predicted molar refractivity (Wildman–Crippen MR) is 312 cm³/mol. The monoisotopic (exact) mass is 1180 g/mol. The van der Waals surface area contributed by atoms with Gasteiger partial charge in [-0.2, -0.15) is 0 Å². The van der Waals surface area contributed by atoms with Crippen LogP contribution in [0.25, 0.3) is 10.9 Å². The van der Waals surface area contributed by atoms with Crippen molar-refractivity contribution in [1.29, 1.82) is 0 Å². The number of anilines is 1. The second kappa shape index (κ2) is 30.6. The molecule has 3 aromatic rings. The van der Waals surface area contributed by atoms with Crippen molar-refractivity contribution in [3.8, 4) is 5.75 Å². The van der Waals surface area contributed by atoms with Crippen LogP contribution < -0.4 is 36.7 Å². The lowest BCUT2D eigenvalue weighted by Gasteiger charge is -2.42. The number of halogens is 1. The number of methoxy groups -OCH3 is 2. The number of carbonyl (C=O) groups is 6. The molecule has 2 aromatic carbocycles. The normalized spacial score (nSPS) is 24.6. The fraction of sp³-hybridized carbons (Fsp3) is 0.593. The molecule has 23 nitrogen and oxygen atoms in total. The van der Waals surface area contributed by atoms with Crippen LogP contribution in [0.3, 0.4) is 0 Å². The Kier molecular flexibility index (Phi) is 24.3. The number of likely N-dealkylation sites (N-methyl/N-ethyl adjacent to an activating group) is 1. The van der Waals surface area contributed by atoms with Crippen LogP contribution in [0.1, 0.15) is 83.9 Å². The van der Waals surface area contributed by atoms with Crippen molar-refractivity contribution < 1.29 is 67.0 Å². The van der Waals surface area contributed by atoms with Crippen LogP contribution in [-0.2, 0) is 71.9 Å². The average Bonchev–Trinajstić information content (AvgIpc) is 2.58. The van der Waals surface area contributed by atoms with Gasteiger partial charge >= 0.3 is 12.1 Å². The Labute approximate surface area is 491 Å². The molecular formula is C59H86ClN9O14. The van der Waals surface area contributed by atoms with Crippen LogP contribution in [0.5, 0.6) is 5.75 Å². The summed E-state index contributed by atoms with van der Waals surface area (Å²) in [6.45, 7) is 9.12. The number of esters is 1. The maximum Gasteiger partial charge on any atom is 0.409 e. The molecule has 1 unspecified atom stereocenters. The number of hydrogen-bond acceptors (Lipinski definition) is 17. The largest absolute Gasteiger partial charge is 0.495 e. The highest BCUT2D eigenvalue weighted by Crippen LogP contribution is 2.49. The summed E-state index contributed by atoms with van der Waals surface area (Å²) < 4.78 is 43.0. The molecule has 3 aliphatic rings. The first-order valence-electron chi connectivity index (χ1n) is 28.3. The molecule has 0 radical (unpaired) electrons. The van der Waals surface area contributed by atoms with Gasteiger partial charge in [0.05, 0.1) is 64.7 Å². The number of epoxide rings is 1. The number of benzene rings is 2. The summed E-state index contributed by atoms with van der Waals surface area (Å²) in [5.74, 6) is -2.51. The number of aliphatic hydroxyl groups is 1. The number of fused-ring (bicyclic) bond motifs is 6. The summed E-state index contributed by atoms with van der Waals surface area (Å²) in [7, 11) is 9.71. The molecule has 458 valence electrons. The maximum atomic E-state index is 14.4. The Balaban J connectivity index is 1.000. The van der Waals surface area contributed by atoms with E-state index in [4.69, 9.17) is 50.5 Å². The Bertz CT molecular complexity index is 2800. The van der Waals surface area contributed by atoms with Gasteiger partial charge in [-0.15, -0.1) is 0 Å². The molecule has 0 aliphatic carbocycles. The van der Waals surface area contributed by atoms with Gasteiger partial charge in [0.25, 0.3) is 0 Å². The fourth-order valence-electron chi connectivity index (χ4n) is 10.5. The zero-order valence-corrected chi connectivity index (χ0v) is 50.4. The highest BCUT2D eigenvalue weighted by atomic mass is 35.5. The Morgan fingerprint density at radius 3 is 2.48 bits per heavy atom. The first-order chi connectivity index (χ1) is 39.6. The van der Waals surface area contributed by atoms with E-state index in [9.17, 15) is 33.9 Å². The van der Waals surface area contributed by atoms with Crippen LogP contribution in [0, 0.1) is 5.92 Å².